The molecule has 3 rings (SSSR count). The Morgan fingerprint density at radius 2 is 1.18 bits per heavy atom. The van der Waals surface area contributed by atoms with Crippen LogP contribution in [0.2, 0.25) is 0 Å². The first-order valence-electron chi connectivity index (χ1n) is 10.1. The summed E-state index contributed by atoms with van der Waals surface area (Å²) >= 11 is 3.14. The lowest BCUT2D eigenvalue weighted by molar-refractivity contribution is 0.101. The average Bonchev–Trinajstić information content (AvgIpc) is 2.73. The first kappa shape index (κ1) is 24.7. The summed E-state index contributed by atoms with van der Waals surface area (Å²) in [6.45, 7) is 1.77. The van der Waals surface area contributed by atoms with Gasteiger partial charge in [-0.1, -0.05) is 0 Å². The molecule has 2 aromatic carbocycles. The summed E-state index contributed by atoms with van der Waals surface area (Å²) in [6.07, 6.45) is 0. The second kappa shape index (κ2) is 11.3. The molecule has 1 heterocycles. The maximum atomic E-state index is 12.6. The quantitative estimate of drug-likeness (QED) is 0.456. The van der Waals surface area contributed by atoms with E-state index in [9.17, 15) is 9.59 Å². The number of nitrogens with zero attached hydrogens (tertiary/aromatic N) is 4. The van der Waals surface area contributed by atoms with Crippen molar-refractivity contribution < 1.29 is 9.59 Å². The van der Waals surface area contributed by atoms with Gasteiger partial charge in [-0.05, 0) is 108 Å². The molecule has 1 aromatic heterocycles. The maximum absolute atomic E-state index is 12.6. The van der Waals surface area contributed by atoms with E-state index in [1.54, 1.807) is 61.2 Å². The first-order chi connectivity index (χ1) is 15.7. The molecular formula is C23H26N6O2S2. The fraction of sp³-hybridized carbons (Fsp3) is 0.217. The van der Waals surface area contributed by atoms with Crippen molar-refractivity contribution in [3.05, 3.63) is 71.4 Å². The molecule has 2 amide bonds. The third-order valence-corrected chi connectivity index (χ3v) is 5.83. The molecule has 8 nitrogen and oxygen atoms in total. The second-order valence-electron chi connectivity index (χ2n) is 7.48. The van der Waals surface area contributed by atoms with E-state index in [2.05, 4.69) is 20.6 Å². The van der Waals surface area contributed by atoms with Gasteiger partial charge in [0, 0.05) is 32.7 Å². The summed E-state index contributed by atoms with van der Waals surface area (Å²) in [5.41, 5.74) is 1.62. The van der Waals surface area contributed by atoms with E-state index in [0.29, 0.717) is 22.6 Å². The fourth-order valence-corrected chi connectivity index (χ4v) is 4.17. The van der Waals surface area contributed by atoms with Crippen LogP contribution in [-0.2, 0) is 0 Å². The van der Waals surface area contributed by atoms with Gasteiger partial charge in [0.25, 0.3) is 11.8 Å². The summed E-state index contributed by atoms with van der Waals surface area (Å²) in [6, 6.07) is 16.2. The van der Waals surface area contributed by atoms with Gasteiger partial charge in [-0.15, -0.1) is 0 Å². The van der Waals surface area contributed by atoms with Gasteiger partial charge < -0.3 is 5.32 Å². The Balaban J connectivity index is 1.67. The number of carbonyl (C=O) groups is 2. The van der Waals surface area contributed by atoms with Gasteiger partial charge >= 0.3 is 0 Å². The van der Waals surface area contributed by atoms with Gasteiger partial charge in [0.1, 0.15) is 5.82 Å². The van der Waals surface area contributed by atoms with E-state index < -0.39 is 0 Å². The first-order valence-corrected chi connectivity index (χ1v) is 11.6. The van der Waals surface area contributed by atoms with Crippen LogP contribution >= 0.6 is 23.9 Å². The molecule has 0 aliphatic carbocycles. The lowest BCUT2D eigenvalue weighted by Gasteiger charge is -2.11. The van der Waals surface area contributed by atoms with Gasteiger partial charge in [-0.25, -0.2) is 4.98 Å². The Hall–Kier alpha value is -2.92. The van der Waals surface area contributed by atoms with Crippen LogP contribution in [0.5, 0.6) is 0 Å². The molecular weight excluding hydrogens is 456 g/mol. The molecule has 0 aliphatic rings. The van der Waals surface area contributed by atoms with Gasteiger partial charge in [0.05, 0.1) is 0 Å². The second-order valence-corrected chi connectivity index (χ2v) is 10.3. The Bertz CT molecular complexity index is 1030. The van der Waals surface area contributed by atoms with Crippen molar-refractivity contribution in [1.82, 2.24) is 18.6 Å². The number of aromatic nitrogens is 2. The van der Waals surface area contributed by atoms with Crippen molar-refractivity contribution in [3.8, 4) is 0 Å². The molecule has 0 saturated carbocycles. The fourth-order valence-electron chi connectivity index (χ4n) is 2.81. The van der Waals surface area contributed by atoms with Crippen molar-refractivity contribution >= 4 is 47.5 Å². The van der Waals surface area contributed by atoms with Gasteiger partial charge in [0.2, 0.25) is 5.95 Å². The predicted molar refractivity (Wildman–Crippen MR) is 135 cm³/mol. The zero-order chi connectivity index (χ0) is 24.0. The number of aryl methyl sites for hydroxylation is 1. The molecule has 10 heteroatoms. The highest BCUT2D eigenvalue weighted by Crippen LogP contribution is 2.21. The summed E-state index contributed by atoms with van der Waals surface area (Å²) in [7, 11) is 7.82. The van der Waals surface area contributed by atoms with Crippen LogP contribution in [0.3, 0.4) is 0 Å². The molecule has 33 heavy (non-hydrogen) atoms. The highest BCUT2D eigenvalue weighted by molar-refractivity contribution is 7.97. The van der Waals surface area contributed by atoms with Crippen LogP contribution in [0, 0.1) is 6.92 Å². The summed E-state index contributed by atoms with van der Waals surface area (Å²) in [5.74, 6) is -0.180. The number of nitrogens with one attached hydrogen (secondary N) is 2. The van der Waals surface area contributed by atoms with Crippen molar-refractivity contribution in [2.45, 2.75) is 16.7 Å². The zero-order valence-corrected chi connectivity index (χ0v) is 20.8. The molecule has 0 fully saturated rings. The number of benzene rings is 2. The highest BCUT2D eigenvalue weighted by Gasteiger charge is 2.12. The molecule has 0 aliphatic heterocycles. The Kier molecular flexibility index (Phi) is 8.45. The Labute approximate surface area is 202 Å². The largest absolute Gasteiger partial charge is 0.306 e. The van der Waals surface area contributed by atoms with Crippen LogP contribution in [-0.4, -0.2) is 58.6 Å². The van der Waals surface area contributed by atoms with E-state index in [-0.39, 0.29) is 17.8 Å². The molecule has 3 aromatic rings. The summed E-state index contributed by atoms with van der Waals surface area (Å²) in [4.78, 5) is 35.9. The monoisotopic (exact) mass is 482 g/mol. The van der Waals surface area contributed by atoms with Gasteiger partial charge in [-0.2, -0.15) is 4.98 Å². The van der Waals surface area contributed by atoms with Crippen LogP contribution in [0.15, 0.2) is 64.4 Å². The number of anilines is 2. The van der Waals surface area contributed by atoms with Gasteiger partial charge in [-0.3, -0.25) is 23.5 Å². The number of amides is 2. The smallest absolute Gasteiger partial charge is 0.258 e. The molecule has 0 saturated heterocycles. The highest BCUT2D eigenvalue weighted by atomic mass is 32.2. The minimum absolute atomic E-state index is 0.125. The minimum atomic E-state index is -0.326. The number of hydrogen-bond donors (Lipinski definition) is 2. The molecule has 0 radical (unpaired) electrons. The topological polar surface area (TPSA) is 90.5 Å². The number of hydrogen-bond acceptors (Lipinski definition) is 8. The van der Waals surface area contributed by atoms with Crippen LogP contribution in [0.25, 0.3) is 0 Å². The lowest BCUT2D eigenvalue weighted by atomic mass is 10.2. The van der Waals surface area contributed by atoms with Crippen LogP contribution in [0.1, 0.15) is 26.4 Å². The zero-order valence-electron chi connectivity index (χ0n) is 19.1. The van der Waals surface area contributed by atoms with E-state index in [0.717, 1.165) is 9.79 Å². The minimum Gasteiger partial charge on any atom is -0.306 e. The van der Waals surface area contributed by atoms with Crippen molar-refractivity contribution in [3.63, 3.8) is 0 Å². The van der Waals surface area contributed by atoms with Crippen molar-refractivity contribution in [1.29, 1.82) is 0 Å². The normalized spacial score (nSPS) is 11.0. The standard InChI is InChI=1S/C23H26N6O2S2/c1-15-14-20(25-21(30)16-6-10-18(11-7-16)32-28(2)3)26-23(24-15)27-22(31)17-8-12-19(13-9-17)33-29(4)5/h6-14H,1-5H3,(H2,24,25,26,27,30,31). The maximum Gasteiger partial charge on any atom is 0.258 e. The van der Waals surface area contributed by atoms with E-state index in [1.807, 2.05) is 61.1 Å². The number of rotatable bonds is 8. The third-order valence-electron chi connectivity index (χ3n) is 4.13. The van der Waals surface area contributed by atoms with Crippen LogP contribution in [0.4, 0.5) is 11.8 Å². The Morgan fingerprint density at radius 3 is 1.64 bits per heavy atom. The third kappa shape index (κ3) is 7.57. The number of carbonyl (C=O) groups excluding carboxylic acids is 2. The SMILES string of the molecule is Cc1cc(NC(=O)c2ccc(SN(C)C)cc2)nc(NC(=O)c2ccc(SN(C)C)cc2)n1. The Morgan fingerprint density at radius 1 is 0.727 bits per heavy atom. The van der Waals surface area contributed by atoms with Crippen molar-refractivity contribution in [2.75, 3.05) is 38.8 Å². The van der Waals surface area contributed by atoms with E-state index in [1.165, 1.54) is 0 Å². The van der Waals surface area contributed by atoms with E-state index >= 15 is 0 Å². The molecule has 2 N–H and O–H groups in total. The molecule has 0 unspecified atom stereocenters. The molecule has 0 bridgehead atoms. The molecule has 0 atom stereocenters. The molecule has 172 valence electrons. The predicted octanol–water partition coefficient (Wildman–Crippen LogP) is 4.43. The van der Waals surface area contributed by atoms with E-state index in [4.69, 9.17) is 0 Å². The molecule has 0 spiro atoms. The average molecular weight is 483 g/mol. The lowest BCUT2D eigenvalue weighted by Crippen LogP contribution is -2.17. The summed E-state index contributed by atoms with van der Waals surface area (Å²) in [5, 5.41) is 5.47. The van der Waals surface area contributed by atoms with Crippen molar-refractivity contribution in [2.24, 2.45) is 0 Å². The van der Waals surface area contributed by atoms with Gasteiger partial charge in [0.15, 0.2) is 0 Å². The van der Waals surface area contributed by atoms with Crippen LogP contribution < -0.4 is 10.6 Å². The summed E-state index contributed by atoms with van der Waals surface area (Å²) < 4.78 is 3.95.